The van der Waals surface area contributed by atoms with Gasteiger partial charge in [-0.15, -0.1) is 0 Å². The Morgan fingerprint density at radius 3 is 2.07 bits per heavy atom. The van der Waals surface area contributed by atoms with Crippen LogP contribution in [-0.4, -0.2) is 44.1 Å². The first kappa shape index (κ1) is 23.5. The molecule has 0 amide bonds. The molecule has 4 rings (SSSR count). The quantitative estimate of drug-likeness (QED) is 0.427. The molecule has 2 aromatic carbocycles. The van der Waals surface area contributed by atoms with Crippen molar-refractivity contribution in [3.05, 3.63) is 66.2 Å². The Labute approximate surface area is 187 Å². The van der Waals surface area contributed by atoms with Crippen molar-refractivity contribution in [1.82, 2.24) is 0 Å². The van der Waals surface area contributed by atoms with Gasteiger partial charge in [-0.2, -0.15) is 0 Å². The number of ketones is 1. The average molecular weight is 542 g/mol. The number of hydrogen-bond acceptors (Lipinski definition) is 4. The molecule has 162 valence electrons. The molecule has 0 unspecified atom stereocenters. The summed E-state index contributed by atoms with van der Waals surface area (Å²) in [6.07, 6.45) is 1.88. The molecule has 0 N–H and O–H groups in total. The summed E-state index contributed by atoms with van der Waals surface area (Å²) in [4.78, 5) is 14.3. The summed E-state index contributed by atoms with van der Waals surface area (Å²) < 4.78 is 35.6. The van der Waals surface area contributed by atoms with E-state index in [2.05, 4.69) is 65.6 Å². The van der Waals surface area contributed by atoms with Crippen molar-refractivity contribution in [3.63, 3.8) is 0 Å². The molecule has 0 saturated heterocycles. The van der Waals surface area contributed by atoms with Crippen molar-refractivity contribution in [2.75, 3.05) is 5.75 Å². The molecule has 0 spiro atoms. The zero-order chi connectivity index (χ0) is 22.0. The maximum atomic E-state index is 11.8. The van der Waals surface area contributed by atoms with E-state index in [1.165, 1.54) is 10.0 Å². The maximum absolute atomic E-state index is 11.8. The van der Waals surface area contributed by atoms with Gasteiger partial charge in [0, 0.05) is 11.8 Å². The van der Waals surface area contributed by atoms with Gasteiger partial charge in [0.1, 0.15) is 5.78 Å². The zero-order valence-electron chi connectivity index (χ0n) is 17.8. The molecule has 2 aromatic rings. The van der Waals surface area contributed by atoms with Crippen LogP contribution in [0.15, 0.2) is 60.7 Å². The Kier molecular flexibility index (Phi) is 7.14. The van der Waals surface area contributed by atoms with E-state index < -0.39 is 40.8 Å². The summed E-state index contributed by atoms with van der Waals surface area (Å²) in [5, 5.41) is 0. The van der Waals surface area contributed by atoms with Crippen molar-refractivity contribution < 1.29 is 17.8 Å². The van der Waals surface area contributed by atoms with Crippen LogP contribution in [-0.2, 0) is 19.4 Å². The summed E-state index contributed by atoms with van der Waals surface area (Å²) in [6, 6.07) is 21.8. The monoisotopic (exact) mass is 544 g/mol. The van der Waals surface area contributed by atoms with E-state index in [1.807, 2.05) is 13.8 Å². The van der Waals surface area contributed by atoms with Crippen LogP contribution in [0.4, 0.5) is 0 Å². The zero-order valence-corrected chi connectivity index (χ0v) is 21.0. The van der Waals surface area contributed by atoms with Gasteiger partial charge in [-0.3, -0.25) is 4.79 Å². The molecular weight excluding hydrogens is 512 g/mol. The molecule has 30 heavy (non-hydrogen) atoms. The van der Waals surface area contributed by atoms with E-state index in [9.17, 15) is 17.8 Å². The van der Waals surface area contributed by atoms with E-state index in [-0.39, 0.29) is 17.1 Å². The molecule has 2 fully saturated rings. The van der Waals surface area contributed by atoms with Crippen molar-refractivity contribution in [2.24, 2.45) is 16.7 Å². The predicted molar refractivity (Wildman–Crippen MR) is 121 cm³/mol. The van der Waals surface area contributed by atoms with Crippen LogP contribution in [0.2, 0.25) is 4.97 Å². The Balaban J connectivity index is 0.000000171. The molecular formula is C24H30O4STe. The molecule has 2 atom stereocenters. The molecule has 2 aliphatic carbocycles. The SMILES string of the molecule is CC1(C)[C@H]2CC[C@]1(CS(=O)(=O)[O-])C(=O)C2.C[Te+](Cc1ccccc1)c1ccccc1. The van der Waals surface area contributed by atoms with Gasteiger partial charge in [0.05, 0.1) is 15.9 Å². The molecule has 6 heteroatoms. The Morgan fingerprint density at radius 1 is 1.03 bits per heavy atom. The van der Waals surface area contributed by atoms with Crippen LogP contribution in [0, 0.1) is 16.7 Å². The molecule has 0 aliphatic heterocycles. The standard InChI is InChI=1S/C14H15Te.C10H16O4S/c1-15(14-10-6-3-7-11-14)12-13-8-4-2-5-9-13;1-9(2)7-3-4-10(9,8(11)5-7)6-15(12,13)14/h2-11H,12H2,1H3;7H,3-6H2,1-2H3,(H,12,13,14)/q+1;/p-1/t;7-,10-/m.0/s1. The van der Waals surface area contributed by atoms with Crippen LogP contribution >= 0.6 is 0 Å². The molecule has 0 heterocycles. The molecule has 2 aliphatic rings. The second kappa shape index (κ2) is 9.12. The number of hydrogen-bond donors (Lipinski definition) is 0. The summed E-state index contributed by atoms with van der Waals surface area (Å²) in [5.41, 5.74) is 0.264. The Morgan fingerprint density at radius 2 is 1.60 bits per heavy atom. The van der Waals surface area contributed by atoms with Crippen LogP contribution in [0.25, 0.3) is 0 Å². The molecule has 0 radical (unpaired) electrons. The van der Waals surface area contributed by atoms with E-state index in [4.69, 9.17) is 0 Å². The fourth-order valence-corrected chi connectivity index (χ4v) is 10.5. The van der Waals surface area contributed by atoms with Crippen LogP contribution in [0.5, 0.6) is 0 Å². The van der Waals surface area contributed by atoms with Gasteiger partial charge in [-0.25, -0.2) is 8.42 Å². The minimum absolute atomic E-state index is 0.0248. The van der Waals surface area contributed by atoms with Gasteiger partial charge >= 0.3 is 98.8 Å². The van der Waals surface area contributed by atoms with Crippen LogP contribution in [0.3, 0.4) is 0 Å². The molecule has 4 nitrogen and oxygen atoms in total. The number of benzene rings is 2. The summed E-state index contributed by atoms with van der Waals surface area (Å²) in [6.45, 7) is 3.83. The molecule has 2 saturated carbocycles. The van der Waals surface area contributed by atoms with Crippen molar-refractivity contribution in [1.29, 1.82) is 0 Å². The summed E-state index contributed by atoms with van der Waals surface area (Å²) in [5.74, 6) is -0.280. The minimum atomic E-state index is -4.33. The third-order valence-electron chi connectivity index (χ3n) is 6.93. The van der Waals surface area contributed by atoms with Gasteiger partial charge in [0.15, 0.2) is 0 Å². The molecule has 0 aromatic heterocycles. The summed E-state index contributed by atoms with van der Waals surface area (Å²) in [7, 11) is -4.33. The first-order chi connectivity index (χ1) is 14.1. The fourth-order valence-electron chi connectivity index (χ4n) is 4.97. The summed E-state index contributed by atoms with van der Waals surface area (Å²) >= 11 is -1.10. The van der Waals surface area contributed by atoms with Gasteiger partial charge in [-0.05, 0) is 24.2 Å². The average Bonchev–Trinajstić information content (AvgIpc) is 3.03. The number of carbonyl (C=O) groups is 1. The van der Waals surface area contributed by atoms with Crippen LogP contribution < -0.4 is 3.61 Å². The van der Waals surface area contributed by atoms with Crippen molar-refractivity contribution >= 4 is 39.1 Å². The number of Topliss-reactive ketones (excluding diaryl/α,β-unsaturated/α-hetero) is 1. The Bertz CT molecular complexity index is 973. The van der Waals surface area contributed by atoms with Crippen molar-refractivity contribution in [3.8, 4) is 0 Å². The van der Waals surface area contributed by atoms with Gasteiger partial charge < -0.3 is 4.55 Å². The number of carbonyl (C=O) groups excluding carboxylic acids is 1. The predicted octanol–water partition coefficient (Wildman–Crippen LogP) is 3.73. The van der Waals surface area contributed by atoms with Crippen molar-refractivity contribution in [2.45, 2.75) is 42.6 Å². The second-order valence-electron chi connectivity index (χ2n) is 8.95. The Hall–Kier alpha value is -1.19. The molecule has 2 bridgehead atoms. The number of fused-ring (bicyclic) bond motifs is 2. The third-order valence-corrected chi connectivity index (χ3v) is 13.0. The van der Waals surface area contributed by atoms with E-state index >= 15 is 0 Å². The van der Waals surface area contributed by atoms with Gasteiger partial charge in [-0.1, -0.05) is 13.8 Å². The van der Waals surface area contributed by atoms with Crippen LogP contribution in [0.1, 0.15) is 38.7 Å². The number of rotatable bonds is 5. The second-order valence-corrected chi connectivity index (χ2v) is 16.2. The first-order valence-corrected chi connectivity index (χ1v) is 17.0. The normalized spacial score (nSPS) is 24.6. The fraction of sp³-hybridized carbons (Fsp3) is 0.458. The first-order valence-electron chi connectivity index (χ1n) is 10.2. The van der Waals surface area contributed by atoms with E-state index in [0.29, 0.717) is 12.8 Å². The van der Waals surface area contributed by atoms with Gasteiger partial charge in [0.2, 0.25) is 0 Å². The topological polar surface area (TPSA) is 74.3 Å². The third kappa shape index (κ3) is 4.99. The van der Waals surface area contributed by atoms with E-state index in [0.717, 1.165) is 6.42 Å². The van der Waals surface area contributed by atoms with Gasteiger partial charge in [0.25, 0.3) is 0 Å². The van der Waals surface area contributed by atoms with E-state index in [1.54, 1.807) is 3.61 Å².